The predicted octanol–water partition coefficient (Wildman–Crippen LogP) is 3.86. The maximum absolute atomic E-state index is 13.3. The summed E-state index contributed by atoms with van der Waals surface area (Å²) < 4.78 is 26.2. The first-order valence-corrected chi connectivity index (χ1v) is 5.39. The van der Waals surface area contributed by atoms with Gasteiger partial charge in [-0.25, -0.2) is 8.78 Å². The van der Waals surface area contributed by atoms with Crippen molar-refractivity contribution in [1.82, 2.24) is 0 Å². The highest BCUT2D eigenvalue weighted by Crippen LogP contribution is 2.10. The van der Waals surface area contributed by atoms with E-state index < -0.39 is 11.6 Å². The van der Waals surface area contributed by atoms with Gasteiger partial charge in [-0.3, -0.25) is 4.79 Å². The summed E-state index contributed by atoms with van der Waals surface area (Å²) in [6.45, 7) is 0. The minimum atomic E-state index is -0.472. The second-order valence-corrected chi connectivity index (χ2v) is 3.73. The molecule has 0 radical (unpaired) electrons. The normalized spacial score (nSPS) is 10.8. The van der Waals surface area contributed by atoms with Crippen LogP contribution < -0.4 is 0 Å². The molecule has 3 heteroatoms. The Hall–Kier alpha value is -2.29. The molecule has 90 valence electrons. The molecule has 2 aromatic rings. The molecule has 0 spiro atoms. The number of carbonyl (C=O) groups excluding carboxylic acids is 1. The molecule has 2 rings (SSSR count). The average Bonchev–Trinajstić information content (AvgIpc) is 2.37. The lowest BCUT2D eigenvalue weighted by Crippen LogP contribution is -1.94. The zero-order chi connectivity index (χ0) is 13.0. The van der Waals surface area contributed by atoms with Gasteiger partial charge in [0, 0.05) is 11.1 Å². The highest BCUT2D eigenvalue weighted by atomic mass is 19.1. The van der Waals surface area contributed by atoms with Crippen molar-refractivity contribution in [3.63, 3.8) is 0 Å². The number of halogens is 2. The van der Waals surface area contributed by atoms with Gasteiger partial charge in [-0.2, -0.15) is 0 Å². The average molecular weight is 244 g/mol. The Balaban J connectivity index is 2.20. The van der Waals surface area contributed by atoms with Gasteiger partial charge in [0.05, 0.1) is 0 Å². The highest BCUT2D eigenvalue weighted by molar-refractivity contribution is 6.06. The molecule has 18 heavy (non-hydrogen) atoms. The van der Waals surface area contributed by atoms with Crippen LogP contribution in [-0.2, 0) is 0 Å². The number of benzene rings is 2. The van der Waals surface area contributed by atoms with Crippen molar-refractivity contribution in [2.75, 3.05) is 0 Å². The van der Waals surface area contributed by atoms with E-state index in [2.05, 4.69) is 0 Å². The summed E-state index contributed by atoms with van der Waals surface area (Å²) in [6, 6.07) is 11.5. The zero-order valence-corrected chi connectivity index (χ0v) is 9.44. The van der Waals surface area contributed by atoms with Crippen LogP contribution in [0.3, 0.4) is 0 Å². The monoisotopic (exact) mass is 244 g/mol. The van der Waals surface area contributed by atoms with Gasteiger partial charge in [0.2, 0.25) is 0 Å². The summed E-state index contributed by atoms with van der Waals surface area (Å²) >= 11 is 0. The van der Waals surface area contributed by atoms with E-state index in [1.807, 2.05) is 0 Å². The van der Waals surface area contributed by atoms with Gasteiger partial charge in [0.15, 0.2) is 5.78 Å². The molecular formula is C15H10F2O. The fourth-order valence-electron chi connectivity index (χ4n) is 1.51. The third kappa shape index (κ3) is 2.88. The van der Waals surface area contributed by atoms with Crippen molar-refractivity contribution in [1.29, 1.82) is 0 Å². The minimum Gasteiger partial charge on any atom is -0.289 e. The summed E-state index contributed by atoms with van der Waals surface area (Å²) in [5.41, 5.74) is 0.560. The van der Waals surface area contributed by atoms with E-state index in [4.69, 9.17) is 0 Å². The second-order valence-electron chi connectivity index (χ2n) is 3.73. The predicted molar refractivity (Wildman–Crippen MR) is 66.2 cm³/mol. The van der Waals surface area contributed by atoms with Gasteiger partial charge in [-0.1, -0.05) is 30.3 Å². The van der Waals surface area contributed by atoms with Gasteiger partial charge in [-0.15, -0.1) is 0 Å². The van der Waals surface area contributed by atoms with Crippen LogP contribution in [0.15, 0.2) is 54.6 Å². The molecular weight excluding hydrogens is 234 g/mol. The van der Waals surface area contributed by atoms with E-state index in [1.54, 1.807) is 18.2 Å². The Kier molecular flexibility index (Phi) is 3.63. The number of carbonyl (C=O) groups is 1. The molecule has 0 aliphatic heterocycles. The van der Waals surface area contributed by atoms with Crippen molar-refractivity contribution in [2.24, 2.45) is 0 Å². The fraction of sp³-hybridized carbons (Fsp3) is 0. The first kappa shape index (κ1) is 12.2. The third-order valence-electron chi connectivity index (χ3n) is 2.43. The lowest BCUT2D eigenvalue weighted by Gasteiger charge is -1.97. The van der Waals surface area contributed by atoms with Gasteiger partial charge in [0.1, 0.15) is 11.6 Å². The van der Waals surface area contributed by atoms with Crippen LogP contribution in [0.25, 0.3) is 6.08 Å². The smallest absolute Gasteiger partial charge is 0.185 e. The van der Waals surface area contributed by atoms with Crippen LogP contribution in [0.2, 0.25) is 0 Å². The van der Waals surface area contributed by atoms with Crippen molar-refractivity contribution in [3.05, 3.63) is 77.4 Å². The molecule has 0 fully saturated rings. The quantitative estimate of drug-likeness (QED) is 0.592. The molecule has 0 bridgehead atoms. The van der Waals surface area contributed by atoms with Crippen molar-refractivity contribution < 1.29 is 13.6 Å². The Morgan fingerprint density at radius 1 is 1.00 bits per heavy atom. The van der Waals surface area contributed by atoms with Crippen LogP contribution in [-0.4, -0.2) is 5.78 Å². The van der Waals surface area contributed by atoms with E-state index in [1.165, 1.54) is 36.4 Å². The molecule has 0 saturated carbocycles. The largest absolute Gasteiger partial charge is 0.289 e. The number of hydrogen-bond donors (Lipinski definition) is 0. The summed E-state index contributed by atoms with van der Waals surface area (Å²) in [6.07, 6.45) is 2.61. The van der Waals surface area contributed by atoms with Gasteiger partial charge < -0.3 is 0 Å². The summed E-state index contributed by atoms with van der Waals surface area (Å²) in [5, 5.41) is 0. The van der Waals surface area contributed by atoms with Gasteiger partial charge >= 0.3 is 0 Å². The molecule has 0 atom stereocenters. The molecule has 2 aromatic carbocycles. The van der Waals surface area contributed by atoms with Crippen LogP contribution in [0.1, 0.15) is 15.9 Å². The fourth-order valence-corrected chi connectivity index (χ4v) is 1.51. The molecule has 0 aliphatic carbocycles. The number of ketones is 1. The van der Waals surface area contributed by atoms with E-state index in [0.717, 1.165) is 6.07 Å². The number of hydrogen-bond acceptors (Lipinski definition) is 1. The van der Waals surface area contributed by atoms with Crippen molar-refractivity contribution in [3.8, 4) is 0 Å². The molecule has 0 aliphatic rings. The van der Waals surface area contributed by atoms with E-state index in [0.29, 0.717) is 5.56 Å². The third-order valence-corrected chi connectivity index (χ3v) is 2.43. The van der Waals surface area contributed by atoms with Crippen LogP contribution in [0, 0.1) is 11.6 Å². The lowest BCUT2D eigenvalue weighted by molar-refractivity contribution is 0.104. The Morgan fingerprint density at radius 3 is 2.50 bits per heavy atom. The summed E-state index contributed by atoms with van der Waals surface area (Å²) in [7, 11) is 0. The first-order chi connectivity index (χ1) is 8.66. The summed E-state index contributed by atoms with van der Waals surface area (Å²) in [5.74, 6) is -1.24. The first-order valence-electron chi connectivity index (χ1n) is 5.39. The van der Waals surface area contributed by atoms with Crippen molar-refractivity contribution >= 4 is 11.9 Å². The maximum Gasteiger partial charge on any atom is 0.185 e. The molecule has 0 amide bonds. The molecule has 1 nitrogen and oxygen atoms in total. The molecule has 0 heterocycles. The van der Waals surface area contributed by atoms with Crippen LogP contribution in [0.4, 0.5) is 8.78 Å². The van der Waals surface area contributed by atoms with Gasteiger partial charge in [0.25, 0.3) is 0 Å². The number of rotatable bonds is 3. The van der Waals surface area contributed by atoms with Crippen LogP contribution >= 0.6 is 0 Å². The molecule has 0 aromatic heterocycles. The Bertz CT molecular complexity index is 603. The second kappa shape index (κ2) is 5.36. The van der Waals surface area contributed by atoms with E-state index >= 15 is 0 Å². The number of allylic oxidation sites excluding steroid dienone is 1. The minimum absolute atomic E-state index is 0.239. The standard InChI is InChI=1S/C15H10F2O/c16-13-6-3-5-12(10-13)15(18)9-8-11-4-1-2-7-14(11)17/h1-10H/b9-8+. The van der Waals surface area contributed by atoms with Crippen LogP contribution in [0.5, 0.6) is 0 Å². The Morgan fingerprint density at radius 2 is 1.78 bits per heavy atom. The van der Waals surface area contributed by atoms with E-state index in [-0.39, 0.29) is 11.3 Å². The topological polar surface area (TPSA) is 17.1 Å². The lowest BCUT2D eigenvalue weighted by atomic mass is 10.1. The maximum atomic E-state index is 13.3. The molecule has 0 N–H and O–H groups in total. The highest BCUT2D eigenvalue weighted by Gasteiger charge is 2.03. The zero-order valence-electron chi connectivity index (χ0n) is 9.44. The Labute approximate surface area is 103 Å². The SMILES string of the molecule is O=C(/C=C/c1ccccc1F)c1cccc(F)c1. The molecule has 0 unspecified atom stereocenters. The summed E-state index contributed by atoms with van der Waals surface area (Å²) in [4.78, 5) is 11.7. The van der Waals surface area contributed by atoms with E-state index in [9.17, 15) is 13.6 Å². The molecule has 0 saturated heterocycles. The van der Waals surface area contributed by atoms with Crippen molar-refractivity contribution in [2.45, 2.75) is 0 Å². The van der Waals surface area contributed by atoms with Gasteiger partial charge in [-0.05, 0) is 30.4 Å².